The van der Waals surface area contributed by atoms with Crippen molar-refractivity contribution in [3.8, 4) is 0 Å². The number of guanidine groups is 1. The SMILES string of the molecule is NC1=NC(N)(C2CCCC2)N=C(c2cccs2)N1. The maximum atomic E-state index is 6.36. The van der Waals surface area contributed by atoms with Crippen LogP contribution in [0.25, 0.3) is 0 Å². The van der Waals surface area contributed by atoms with E-state index in [0.29, 0.717) is 11.9 Å². The molecule has 1 aliphatic carbocycles. The molecule has 5 N–H and O–H groups in total. The first kappa shape index (κ1) is 11.7. The predicted molar refractivity (Wildman–Crippen MR) is 74.5 cm³/mol. The van der Waals surface area contributed by atoms with Crippen molar-refractivity contribution >= 4 is 23.1 Å². The Morgan fingerprint density at radius 1 is 1.33 bits per heavy atom. The molecule has 1 atom stereocenters. The van der Waals surface area contributed by atoms with Crippen LogP contribution in [0.3, 0.4) is 0 Å². The molecule has 1 fully saturated rings. The minimum atomic E-state index is -0.884. The number of hydrogen-bond donors (Lipinski definition) is 3. The number of nitrogens with one attached hydrogen (secondary N) is 1. The molecule has 1 aromatic rings. The molecule has 0 radical (unpaired) electrons. The highest BCUT2D eigenvalue weighted by molar-refractivity contribution is 7.12. The Balaban J connectivity index is 1.95. The molecule has 96 valence electrons. The summed E-state index contributed by atoms with van der Waals surface area (Å²) in [6.45, 7) is 0. The molecule has 0 amide bonds. The van der Waals surface area contributed by atoms with Crippen LogP contribution in [0.2, 0.25) is 0 Å². The average molecular weight is 263 g/mol. The molecule has 6 heteroatoms. The second-order valence-electron chi connectivity index (χ2n) is 4.82. The van der Waals surface area contributed by atoms with Crippen molar-refractivity contribution in [2.24, 2.45) is 27.4 Å². The second-order valence-corrected chi connectivity index (χ2v) is 5.77. The molecule has 3 rings (SSSR count). The summed E-state index contributed by atoms with van der Waals surface area (Å²) in [5.74, 6) is 0.522. The Labute approximate surface area is 110 Å². The molecular formula is C12H17N5S. The molecule has 1 saturated carbocycles. The van der Waals surface area contributed by atoms with Gasteiger partial charge in [0.2, 0.25) is 5.79 Å². The number of rotatable bonds is 2. The molecule has 2 aliphatic rings. The van der Waals surface area contributed by atoms with E-state index in [1.54, 1.807) is 11.3 Å². The summed E-state index contributed by atoms with van der Waals surface area (Å²) < 4.78 is 0. The Morgan fingerprint density at radius 2 is 2.11 bits per heavy atom. The van der Waals surface area contributed by atoms with Crippen LogP contribution in [0.15, 0.2) is 27.5 Å². The van der Waals surface area contributed by atoms with Crippen LogP contribution in [0, 0.1) is 5.92 Å². The van der Waals surface area contributed by atoms with Crippen LogP contribution in [-0.2, 0) is 0 Å². The van der Waals surface area contributed by atoms with E-state index in [2.05, 4.69) is 15.3 Å². The van der Waals surface area contributed by atoms with E-state index in [-0.39, 0.29) is 0 Å². The van der Waals surface area contributed by atoms with Gasteiger partial charge in [-0.25, -0.2) is 9.98 Å². The van der Waals surface area contributed by atoms with Crippen LogP contribution < -0.4 is 16.8 Å². The number of nitrogens with zero attached hydrogens (tertiary/aromatic N) is 2. The van der Waals surface area contributed by atoms with Crippen LogP contribution in [-0.4, -0.2) is 17.6 Å². The fraction of sp³-hybridized carbons (Fsp3) is 0.500. The smallest absolute Gasteiger partial charge is 0.210 e. The van der Waals surface area contributed by atoms with Crippen LogP contribution >= 0.6 is 11.3 Å². The summed E-state index contributed by atoms with van der Waals surface area (Å²) in [6.07, 6.45) is 4.57. The Kier molecular flexibility index (Phi) is 2.83. The van der Waals surface area contributed by atoms with E-state index < -0.39 is 5.79 Å². The zero-order valence-corrected chi connectivity index (χ0v) is 10.9. The largest absolute Gasteiger partial charge is 0.370 e. The van der Waals surface area contributed by atoms with Gasteiger partial charge in [-0.2, -0.15) is 0 Å². The van der Waals surface area contributed by atoms with Gasteiger partial charge >= 0.3 is 0 Å². The molecule has 2 heterocycles. The van der Waals surface area contributed by atoms with Gasteiger partial charge in [0.1, 0.15) is 5.84 Å². The van der Waals surface area contributed by atoms with Crippen LogP contribution in [0.5, 0.6) is 0 Å². The van der Waals surface area contributed by atoms with Gasteiger partial charge in [0.25, 0.3) is 0 Å². The van der Waals surface area contributed by atoms with Crippen LogP contribution in [0.1, 0.15) is 30.6 Å². The molecule has 1 aromatic heterocycles. The molecule has 0 aromatic carbocycles. The number of nitrogens with two attached hydrogens (primary N) is 2. The first-order chi connectivity index (χ1) is 8.67. The van der Waals surface area contributed by atoms with Gasteiger partial charge in [0, 0.05) is 5.92 Å². The summed E-state index contributed by atoms with van der Waals surface area (Å²) in [5.41, 5.74) is 12.2. The fourth-order valence-corrected chi connectivity index (χ4v) is 3.31. The number of thiophene rings is 1. The van der Waals surface area contributed by atoms with Crippen molar-refractivity contribution in [1.82, 2.24) is 5.32 Å². The van der Waals surface area contributed by atoms with Crippen molar-refractivity contribution in [3.05, 3.63) is 22.4 Å². The lowest BCUT2D eigenvalue weighted by Gasteiger charge is -2.31. The summed E-state index contributed by atoms with van der Waals surface area (Å²) in [7, 11) is 0. The van der Waals surface area contributed by atoms with Crippen molar-refractivity contribution in [3.63, 3.8) is 0 Å². The van der Waals surface area contributed by atoms with E-state index in [4.69, 9.17) is 11.5 Å². The Morgan fingerprint density at radius 3 is 2.78 bits per heavy atom. The number of amidine groups is 1. The highest BCUT2D eigenvalue weighted by atomic mass is 32.1. The van der Waals surface area contributed by atoms with E-state index in [9.17, 15) is 0 Å². The van der Waals surface area contributed by atoms with E-state index in [1.807, 2.05) is 17.5 Å². The lowest BCUT2D eigenvalue weighted by atomic mass is 9.99. The molecule has 0 saturated heterocycles. The van der Waals surface area contributed by atoms with Gasteiger partial charge in [-0.15, -0.1) is 11.3 Å². The molecule has 0 bridgehead atoms. The minimum Gasteiger partial charge on any atom is -0.370 e. The molecule has 5 nitrogen and oxygen atoms in total. The van der Waals surface area contributed by atoms with Gasteiger partial charge < -0.3 is 11.1 Å². The van der Waals surface area contributed by atoms with Gasteiger partial charge in [-0.3, -0.25) is 5.73 Å². The van der Waals surface area contributed by atoms with Crippen molar-refractivity contribution in [2.45, 2.75) is 31.5 Å². The second kappa shape index (κ2) is 4.37. The Bertz CT molecular complexity index is 487. The summed E-state index contributed by atoms with van der Waals surface area (Å²) in [4.78, 5) is 9.99. The van der Waals surface area contributed by atoms with E-state index in [0.717, 1.165) is 23.6 Å². The van der Waals surface area contributed by atoms with Crippen molar-refractivity contribution in [2.75, 3.05) is 0 Å². The summed E-state index contributed by atoms with van der Waals surface area (Å²) in [6, 6.07) is 3.99. The number of hydrogen-bond acceptors (Lipinski definition) is 6. The molecule has 1 unspecified atom stereocenters. The lowest BCUT2D eigenvalue weighted by molar-refractivity contribution is 0.294. The van der Waals surface area contributed by atoms with Crippen LogP contribution in [0.4, 0.5) is 0 Å². The van der Waals surface area contributed by atoms with Crippen molar-refractivity contribution < 1.29 is 0 Å². The predicted octanol–water partition coefficient (Wildman–Crippen LogP) is 1.22. The lowest BCUT2D eigenvalue weighted by Crippen LogP contribution is -2.53. The summed E-state index contributed by atoms with van der Waals surface area (Å²) >= 11 is 1.62. The molecule has 0 spiro atoms. The fourth-order valence-electron chi connectivity index (χ4n) is 2.64. The maximum Gasteiger partial charge on any atom is 0.210 e. The van der Waals surface area contributed by atoms with Crippen molar-refractivity contribution in [1.29, 1.82) is 0 Å². The van der Waals surface area contributed by atoms with Gasteiger partial charge in [0.15, 0.2) is 5.96 Å². The van der Waals surface area contributed by atoms with Gasteiger partial charge in [0.05, 0.1) is 4.88 Å². The standard InChI is InChI=1S/C12H17N5S/c13-11-15-10(9-6-3-7-18-9)16-12(14,17-11)8-4-1-2-5-8/h3,6-8H,1-2,4-5,14H2,(H3,13,15,16,17). The number of aliphatic imine (C=N–C) groups is 2. The topological polar surface area (TPSA) is 88.8 Å². The Hall–Kier alpha value is -1.40. The minimum absolute atomic E-state index is 0.299. The highest BCUT2D eigenvalue weighted by Crippen LogP contribution is 2.35. The van der Waals surface area contributed by atoms with E-state index in [1.165, 1.54) is 12.8 Å². The third-order valence-corrected chi connectivity index (χ3v) is 4.42. The average Bonchev–Trinajstić information content (AvgIpc) is 3.02. The zero-order chi connectivity index (χ0) is 12.6. The van der Waals surface area contributed by atoms with Gasteiger partial charge in [-0.05, 0) is 24.3 Å². The third kappa shape index (κ3) is 2.02. The monoisotopic (exact) mass is 263 g/mol. The quantitative estimate of drug-likeness (QED) is 0.749. The molecular weight excluding hydrogens is 246 g/mol. The molecule has 18 heavy (non-hydrogen) atoms. The normalized spacial score (nSPS) is 28.7. The summed E-state index contributed by atoms with van der Waals surface area (Å²) in [5, 5.41) is 5.01. The van der Waals surface area contributed by atoms with E-state index >= 15 is 0 Å². The first-order valence-electron chi connectivity index (χ1n) is 6.22. The maximum absolute atomic E-state index is 6.36. The third-order valence-electron chi connectivity index (χ3n) is 3.55. The highest BCUT2D eigenvalue weighted by Gasteiger charge is 2.39. The molecule has 1 aliphatic heterocycles. The first-order valence-corrected chi connectivity index (χ1v) is 7.10. The van der Waals surface area contributed by atoms with Gasteiger partial charge in [-0.1, -0.05) is 18.9 Å². The zero-order valence-electron chi connectivity index (χ0n) is 10.1.